The van der Waals surface area contributed by atoms with E-state index in [9.17, 15) is 4.79 Å². The van der Waals surface area contributed by atoms with Crippen molar-refractivity contribution < 1.29 is 14.3 Å². The predicted molar refractivity (Wildman–Crippen MR) is 110 cm³/mol. The van der Waals surface area contributed by atoms with E-state index in [0.29, 0.717) is 19.8 Å². The zero-order valence-electron chi connectivity index (χ0n) is 16.7. The summed E-state index contributed by atoms with van der Waals surface area (Å²) in [6, 6.07) is 12.4. The molecular formula is C23H28N2O3. The molecular weight excluding hydrogens is 352 g/mol. The Balaban J connectivity index is 1.46. The van der Waals surface area contributed by atoms with E-state index in [1.54, 1.807) is 0 Å². The van der Waals surface area contributed by atoms with Gasteiger partial charge in [-0.1, -0.05) is 18.2 Å². The van der Waals surface area contributed by atoms with Crippen LogP contribution in [-0.2, 0) is 4.79 Å². The Morgan fingerprint density at radius 3 is 2.79 bits per heavy atom. The topological polar surface area (TPSA) is 50.8 Å². The van der Waals surface area contributed by atoms with Crippen molar-refractivity contribution in [1.82, 2.24) is 4.90 Å². The molecule has 1 saturated heterocycles. The maximum Gasteiger partial charge on any atom is 0.238 e. The van der Waals surface area contributed by atoms with Crippen molar-refractivity contribution in [3.63, 3.8) is 0 Å². The summed E-state index contributed by atoms with van der Waals surface area (Å²) >= 11 is 0. The molecule has 1 atom stereocenters. The lowest BCUT2D eigenvalue weighted by Gasteiger charge is -2.25. The Labute approximate surface area is 166 Å². The Morgan fingerprint density at radius 1 is 1.11 bits per heavy atom. The molecule has 4 rings (SSSR count). The predicted octanol–water partition coefficient (Wildman–Crippen LogP) is 4.24. The van der Waals surface area contributed by atoms with E-state index < -0.39 is 0 Å². The lowest BCUT2D eigenvalue weighted by molar-refractivity contribution is -0.117. The van der Waals surface area contributed by atoms with Crippen molar-refractivity contribution in [3.8, 4) is 11.5 Å². The number of nitrogens with one attached hydrogen (secondary N) is 1. The van der Waals surface area contributed by atoms with Crippen LogP contribution in [0.5, 0.6) is 11.5 Å². The highest BCUT2D eigenvalue weighted by atomic mass is 16.5. The van der Waals surface area contributed by atoms with Crippen molar-refractivity contribution in [2.24, 2.45) is 0 Å². The molecule has 1 fully saturated rings. The number of amides is 1. The van der Waals surface area contributed by atoms with E-state index in [4.69, 9.17) is 9.47 Å². The first-order valence-electron chi connectivity index (χ1n) is 10.1. The average Bonchev–Trinajstić information content (AvgIpc) is 3.00. The van der Waals surface area contributed by atoms with Gasteiger partial charge in [-0.3, -0.25) is 9.69 Å². The van der Waals surface area contributed by atoms with Crippen molar-refractivity contribution in [1.29, 1.82) is 0 Å². The van der Waals surface area contributed by atoms with E-state index in [0.717, 1.165) is 48.6 Å². The minimum Gasteiger partial charge on any atom is -0.490 e. The molecule has 28 heavy (non-hydrogen) atoms. The number of carbonyl (C=O) groups excluding carboxylic acids is 1. The van der Waals surface area contributed by atoms with Gasteiger partial charge in [0.05, 0.1) is 19.8 Å². The molecule has 0 aliphatic carbocycles. The molecule has 0 bridgehead atoms. The molecule has 0 aromatic heterocycles. The summed E-state index contributed by atoms with van der Waals surface area (Å²) in [6.07, 6.45) is 3.05. The fraction of sp³-hybridized carbons (Fsp3) is 0.435. The second-order valence-corrected chi connectivity index (χ2v) is 7.68. The highest BCUT2D eigenvalue weighted by molar-refractivity contribution is 5.93. The van der Waals surface area contributed by atoms with E-state index in [1.807, 2.05) is 25.1 Å². The summed E-state index contributed by atoms with van der Waals surface area (Å²) in [6.45, 7) is 6.81. The molecule has 1 N–H and O–H groups in total. The molecule has 2 aromatic rings. The van der Waals surface area contributed by atoms with Crippen LogP contribution in [0, 0.1) is 13.8 Å². The summed E-state index contributed by atoms with van der Waals surface area (Å²) in [5.74, 6) is 1.68. The van der Waals surface area contributed by atoms with Gasteiger partial charge in [-0.25, -0.2) is 0 Å². The minimum atomic E-state index is 0.0370. The van der Waals surface area contributed by atoms with Gasteiger partial charge in [0.2, 0.25) is 5.91 Å². The number of carbonyl (C=O) groups is 1. The number of nitrogens with zero attached hydrogens (tertiary/aromatic N) is 1. The molecule has 0 saturated carbocycles. The number of likely N-dealkylation sites (tertiary alicyclic amines) is 1. The molecule has 2 aromatic carbocycles. The summed E-state index contributed by atoms with van der Waals surface area (Å²) < 4.78 is 11.6. The third-order valence-electron chi connectivity index (χ3n) is 5.75. The van der Waals surface area contributed by atoms with Crippen molar-refractivity contribution >= 4 is 11.6 Å². The van der Waals surface area contributed by atoms with Crippen LogP contribution < -0.4 is 14.8 Å². The highest BCUT2D eigenvalue weighted by Crippen LogP contribution is 2.37. The number of benzene rings is 2. The number of aryl methyl sites for hydroxylation is 1. The first-order chi connectivity index (χ1) is 13.6. The van der Waals surface area contributed by atoms with Crippen LogP contribution in [0.3, 0.4) is 0 Å². The fourth-order valence-electron chi connectivity index (χ4n) is 4.04. The third-order valence-corrected chi connectivity index (χ3v) is 5.75. The number of anilines is 1. The van der Waals surface area contributed by atoms with Crippen LogP contribution in [0.2, 0.25) is 0 Å². The van der Waals surface area contributed by atoms with Gasteiger partial charge in [-0.05, 0) is 68.1 Å². The second-order valence-electron chi connectivity index (χ2n) is 7.68. The largest absolute Gasteiger partial charge is 0.490 e. The summed E-state index contributed by atoms with van der Waals surface area (Å²) in [5, 5.41) is 3.08. The molecule has 5 nitrogen and oxygen atoms in total. The van der Waals surface area contributed by atoms with Gasteiger partial charge in [0.15, 0.2) is 11.5 Å². The van der Waals surface area contributed by atoms with E-state index in [2.05, 4.69) is 35.3 Å². The van der Waals surface area contributed by atoms with Gasteiger partial charge in [-0.15, -0.1) is 0 Å². The molecule has 5 heteroatoms. The van der Waals surface area contributed by atoms with E-state index in [1.165, 1.54) is 11.1 Å². The summed E-state index contributed by atoms with van der Waals surface area (Å²) in [4.78, 5) is 15.0. The number of fused-ring (bicyclic) bond motifs is 1. The molecule has 148 valence electrons. The SMILES string of the molecule is Cc1cccc(NC(=O)CN2CCCC2c2ccc3c(c2)OCCCO3)c1C. The minimum absolute atomic E-state index is 0.0370. The molecule has 1 amide bonds. The van der Waals surface area contributed by atoms with Gasteiger partial charge in [0, 0.05) is 18.2 Å². The smallest absolute Gasteiger partial charge is 0.238 e. The van der Waals surface area contributed by atoms with Gasteiger partial charge < -0.3 is 14.8 Å². The van der Waals surface area contributed by atoms with Crippen molar-refractivity contribution in [3.05, 3.63) is 53.1 Å². The first-order valence-corrected chi connectivity index (χ1v) is 10.1. The van der Waals surface area contributed by atoms with Crippen LogP contribution in [0.25, 0.3) is 0 Å². The molecule has 2 aliphatic rings. The van der Waals surface area contributed by atoms with Crippen LogP contribution in [0.15, 0.2) is 36.4 Å². The van der Waals surface area contributed by atoms with Gasteiger partial charge in [0.25, 0.3) is 0 Å². The Morgan fingerprint density at radius 2 is 1.93 bits per heavy atom. The van der Waals surface area contributed by atoms with Crippen LogP contribution in [0.1, 0.15) is 42.0 Å². The van der Waals surface area contributed by atoms with Crippen molar-refractivity contribution in [2.45, 2.75) is 39.2 Å². The molecule has 0 spiro atoms. The Kier molecular flexibility index (Phi) is 5.53. The molecule has 2 heterocycles. The fourth-order valence-corrected chi connectivity index (χ4v) is 4.04. The third kappa shape index (κ3) is 3.99. The number of hydrogen-bond donors (Lipinski definition) is 1. The maximum atomic E-state index is 12.7. The monoisotopic (exact) mass is 380 g/mol. The lowest BCUT2D eigenvalue weighted by atomic mass is 10.0. The quantitative estimate of drug-likeness (QED) is 0.862. The number of ether oxygens (including phenoxy) is 2. The standard InChI is InChI=1S/C23H28N2O3/c1-16-6-3-7-19(17(16)2)24-23(26)15-25-11-4-8-20(25)18-9-10-21-22(14-18)28-13-5-12-27-21/h3,6-7,9-10,14,20H,4-5,8,11-13,15H2,1-2H3,(H,24,26). The molecule has 2 aliphatic heterocycles. The molecule has 0 radical (unpaired) electrons. The van der Waals surface area contributed by atoms with Crippen LogP contribution in [-0.4, -0.2) is 37.1 Å². The van der Waals surface area contributed by atoms with E-state index in [-0.39, 0.29) is 11.9 Å². The maximum absolute atomic E-state index is 12.7. The Hall–Kier alpha value is -2.53. The van der Waals surface area contributed by atoms with Gasteiger partial charge in [-0.2, -0.15) is 0 Å². The summed E-state index contributed by atoms with van der Waals surface area (Å²) in [5.41, 5.74) is 4.40. The van der Waals surface area contributed by atoms with Crippen LogP contribution in [0.4, 0.5) is 5.69 Å². The zero-order valence-corrected chi connectivity index (χ0v) is 16.7. The van der Waals surface area contributed by atoms with Gasteiger partial charge >= 0.3 is 0 Å². The van der Waals surface area contributed by atoms with Gasteiger partial charge in [0.1, 0.15) is 0 Å². The first kappa shape index (κ1) is 18.8. The second kappa shape index (κ2) is 8.23. The van der Waals surface area contributed by atoms with E-state index >= 15 is 0 Å². The highest BCUT2D eigenvalue weighted by Gasteiger charge is 2.28. The lowest BCUT2D eigenvalue weighted by Crippen LogP contribution is -2.33. The Bertz CT molecular complexity index is 865. The summed E-state index contributed by atoms with van der Waals surface area (Å²) in [7, 11) is 0. The number of hydrogen-bond acceptors (Lipinski definition) is 4. The number of rotatable bonds is 4. The molecule has 1 unspecified atom stereocenters. The van der Waals surface area contributed by atoms with Crippen LogP contribution >= 0.6 is 0 Å². The van der Waals surface area contributed by atoms with Crippen molar-refractivity contribution in [2.75, 3.05) is 31.6 Å². The average molecular weight is 380 g/mol. The normalized spacial score (nSPS) is 19.3. The zero-order chi connectivity index (χ0) is 19.5.